The normalized spacial score (nSPS) is 22.1. The summed E-state index contributed by atoms with van der Waals surface area (Å²) in [5, 5.41) is 8.64. The Hall–Kier alpha value is -1.79. The first kappa shape index (κ1) is 25.3. The molecule has 1 unspecified atom stereocenters. The van der Waals surface area contributed by atoms with Gasteiger partial charge in [0.15, 0.2) is 0 Å². The van der Waals surface area contributed by atoms with Crippen molar-refractivity contribution in [3.05, 3.63) is 33.5 Å². The Morgan fingerprint density at radius 3 is 2.62 bits per heavy atom. The first-order valence-electron chi connectivity index (χ1n) is 11.3. The van der Waals surface area contributed by atoms with E-state index < -0.39 is 33.5 Å². The van der Waals surface area contributed by atoms with Crippen molar-refractivity contribution in [3.8, 4) is 0 Å². The molecule has 1 amide bonds. The van der Waals surface area contributed by atoms with Crippen molar-refractivity contribution >= 4 is 49.6 Å². The third-order valence-electron chi connectivity index (χ3n) is 6.28. The molecule has 34 heavy (non-hydrogen) atoms. The molecule has 0 bridgehead atoms. The number of hydrogen-bond donors (Lipinski definition) is 2. The van der Waals surface area contributed by atoms with E-state index in [1.54, 1.807) is 17.5 Å². The topological polar surface area (TPSA) is 105 Å². The first-order chi connectivity index (χ1) is 15.9. The summed E-state index contributed by atoms with van der Waals surface area (Å²) >= 11 is 2.49. The maximum atomic E-state index is 13.5. The standard InChI is InChI=1S/C23H31N3O5S3/c1-22(2)13-14-17(21(28)31-5)20(33-18(14)23(3,4)25-22)24-19(27)15-9-6-7-11-26(15)34(29,30)16-10-8-12-32-16/h8,10,12,15,25H,6-7,9,11,13H2,1-5H3,(H,24,27). The molecule has 2 aliphatic heterocycles. The number of piperidine rings is 1. The number of thiophene rings is 2. The van der Waals surface area contributed by atoms with Crippen LogP contribution in [0.3, 0.4) is 0 Å². The Morgan fingerprint density at radius 2 is 1.97 bits per heavy atom. The number of nitrogens with zero attached hydrogens (tertiary/aromatic N) is 1. The zero-order chi connectivity index (χ0) is 24.9. The van der Waals surface area contributed by atoms with Crippen LogP contribution in [0.15, 0.2) is 21.7 Å². The maximum absolute atomic E-state index is 13.5. The number of sulfonamides is 1. The summed E-state index contributed by atoms with van der Waals surface area (Å²) in [4.78, 5) is 27.3. The average Bonchev–Trinajstić information content (AvgIpc) is 3.41. The molecule has 0 aliphatic carbocycles. The second kappa shape index (κ2) is 9.02. The number of fused-ring (bicyclic) bond motifs is 1. The van der Waals surface area contributed by atoms with Crippen LogP contribution in [0.25, 0.3) is 0 Å². The fraction of sp³-hybridized carbons (Fsp3) is 0.565. The van der Waals surface area contributed by atoms with Gasteiger partial charge in [-0.3, -0.25) is 4.79 Å². The molecular weight excluding hydrogens is 494 g/mol. The van der Waals surface area contributed by atoms with Gasteiger partial charge < -0.3 is 15.4 Å². The van der Waals surface area contributed by atoms with E-state index >= 15 is 0 Å². The van der Waals surface area contributed by atoms with Crippen molar-refractivity contribution in [3.63, 3.8) is 0 Å². The van der Waals surface area contributed by atoms with Gasteiger partial charge in [0.25, 0.3) is 10.0 Å². The van der Waals surface area contributed by atoms with Crippen molar-refractivity contribution in [2.75, 3.05) is 19.0 Å². The molecule has 0 spiro atoms. The lowest BCUT2D eigenvalue weighted by Crippen LogP contribution is -2.55. The molecule has 2 aliphatic rings. The van der Waals surface area contributed by atoms with Crippen molar-refractivity contribution in [2.24, 2.45) is 0 Å². The summed E-state index contributed by atoms with van der Waals surface area (Å²) in [5.74, 6) is -0.929. The highest BCUT2D eigenvalue weighted by atomic mass is 32.2. The molecule has 186 valence electrons. The third-order valence-corrected chi connectivity index (χ3v) is 11.0. The molecule has 1 fully saturated rings. The lowest BCUT2D eigenvalue weighted by atomic mass is 9.81. The summed E-state index contributed by atoms with van der Waals surface area (Å²) in [6, 6.07) is 2.41. The number of hydrogen-bond acceptors (Lipinski definition) is 8. The van der Waals surface area contributed by atoms with Crippen LogP contribution in [0.5, 0.6) is 0 Å². The highest BCUT2D eigenvalue weighted by Gasteiger charge is 2.43. The predicted octanol–water partition coefficient (Wildman–Crippen LogP) is 3.94. The molecule has 8 nitrogen and oxygen atoms in total. The largest absolute Gasteiger partial charge is 0.465 e. The second-order valence-electron chi connectivity index (χ2n) is 9.96. The Balaban J connectivity index is 1.70. The number of anilines is 1. The van der Waals surface area contributed by atoms with Crippen LogP contribution in [0.2, 0.25) is 0 Å². The number of ether oxygens (including phenoxy) is 1. The summed E-state index contributed by atoms with van der Waals surface area (Å²) < 4.78 is 33.1. The van der Waals surface area contributed by atoms with Crippen LogP contribution in [-0.4, -0.2) is 49.8 Å². The molecule has 2 aromatic rings. The van der Waals surface area contributed by atoms with Gasteiger partial charge in [0, 0.05) is 22.5 Å². The second-order valence-corrected chi connectivity index (χ2v) is 14.1. The monoisotopic (exact) mass is 525 g/mol. The molecular formula is C23H31N3O5S3. The minimum absolute atomic E-state index is 0.226. The van der Waals surface area contributed by atoms with Crippen molar-refractivity contribution in [1.29, 1.82) is 0 Å². The smallest absolute Gasteiger partial charge is 0.341 e. The maximum Gasteiger partial charge on any atom is 0.341 e. The Kier molecular flexibility index (Phi) is 6.71. The molecule has 0 aromatic carbocycles. The van der Waals surface area contributed by atoms with E-state index in [1.807, 2.05) is 13.8 Å². The van der Waals surface area contributed by atoms with E-state index in [1.165, 1.54) is 22.8 Å². The van der Waals surface area contributed by atoms with Crippen LogP contribution in [0.4, 0.5) is 5.00 Å². The predicted molar refractivity (Wildman–Crippen MR) is 134 cm³/mol. The number of amides is 1. The molecule has 2 N–H and O–H groups in total. The minimum Gasteiger partial charge on any atom is -0.465 e. The van der Waals surface area contributed by atoms with E-state index in [9.17, 15) is 18.0 Å². The number of esters is 1. The van der Waals surface area contributed by atoms with Gasteiger partial charge in [0.05, 0.1) is 12.7 Å². The van der Waals surface area contributed by atoms with E-state index in [0.29, 0.717) is 29.8 Å². The molecule has 4 rings (SSSR count). The van der Waals surface area contributed by atoms with Gasteiger partial charge in [0.1, 0.15) is 15.3 Å². The molecule has 1 atom stereocenters. The van der Waals surface area contributed by atoms with Crippen molar-refractivity contribution in [2.45, 2.75) is 74.7 Å². The van der Waals surface area contributed by atoms with E-state index in [-0.39, 0.29) is 16.3 Å². The Labute approximate surface area is 208 Å². The number of rotatable bonds is 5. The SMILES string of the molecule is COC(=O)c1c(NC(=O)C2CCCCN2S(=O)(=O)c2cccs2)sc2c1CC(C)(C)NC2(C)C. The van der Waals surface area contributed by atoms with Crippen LogP contribution < -0.4 is 10.6 Å². The zero-order valence-corrected chi connectivity index (χ0v) is 22.5. The lowest BCUT2D eigenvalue weighted by Gasteiger charge is -2.42. The number of carbonyl (C=O) groups excluding carboxylic acids is 2. The summed E-state index contributed by atoms with van der Waals surface area (Å²) in [5.41, 5.74) is 0.568. The third kappa shape index (κ3) is 4.56. The fourth-order valence-corrected chi connectivity index (χ4v) is 9.15. The van der Waals surface area contributed by atoms with Crippen LogP contribution >= 0.6 is 22.7 Å². The fourth-order valence-electron chi connectivity index (χ4n) is 5.11. The zero-order valence-electron chi connectivity index (χ0n) is 20.1. The van der Waals surface area contributed by atoms with Gasteiger partial charge in [-0.05, 0) is 64.0 Å². The lowest BCUT2D eigenvalue weighted by molar-refractivity contribution is -0.120. The minimum atomic E-state index is -3.78. The van der Waals surface area contributed by atoms with Gasteiger partial charge in [-0.25, -0.2) is 13.2 Å². The van der Waals surface area contributed by atoms with E-state index in [4.69, 9.17) is 4.74 Å². The quantitative estimate of drug-likeness (QED) is 0.573. The van der Waals surface area contributed by atoms with Crippen LogP contribution in [0.1, 0.15) is 67.8 Å². The average molecular weight is 526 g/mol. The van der Waals surface area contributed by atoms with Gasteiger partial charge >= 0.3 is 5.97 Å². The van der Waals surface area contributed by atoms with Gasteiger partial charge in [0.2, 0.25) is 5.91 Å². The number of methoxy groups -OCH3 is 1. The molecule has 0 radical (unpaired) electrons. The Morgan fingerprint density at radius 1 is 1.24 bits per heavy atom. The summed E-state index contributed by atoms with van der Waals surface area (Å²) in [7, 11) is -2.45. The van der Waals surface area contributed by atoms with Crippen LogP contribution in [0, 0.1) is 0 Å². The van der Waals surface area contributed by atoms with Crippen molar-refractivity contribution in [1.82, 2.24) is 9.62 Å². The summed E-state index contributed by atoms with van der Waals surface area (Å²) in [6.45, 7) is 8.53. The van der Waals surface area contributed by atoms with E-state index in [0.717, 1.165) is 28.2 Å². The van der Waals surface area contributed by atoms with Crippen LogP contribution in [-0.2, 0) is 31.5 Å². The first-order valence-corrected chi connectivity index (χ1v) is 14.4. The van der Waals surface area contributed by atoms with Gasteiger partial charge in [-0.1, -0.05) is 12.5 Å². The Bertz CT molecular complexity index is 1200. The molecule has 11 heteroatoms. The molecule has 0 saturated carbocycles. The highest BCUT2D eigenvalue weighted by molar-refractivity contribution is 7.91. The molecule has 1 saturated heterocycles. The van der Waals surface area contributed by atoms with E-state index in [2.05, 4.69) is 24.5 Å². The molecule has 2 aromatic heterocycles. The highest BCUT2D eigenvalue weighted by Crippen LogP contribution is 2.45. The van der Waals surface area contributed by atoms with Gasteiger partial charge in [-0.2, -0.15) is 4.31 Å². The van der Waals surface area contributed by atoms with Gasteiger partial charge in [-0.15, -0.1) is 22.7 Å². The summed E-state index contributed by atoms with van der Waals surface area (Å²) in [6.07, 6.45) is 2.48. The molecule has 4 heterocycles. The van der Waals surface area contributed by atoms with Crippen molar-refractivity contribution < 1.29 is 22.7 Å². The number of nitrogens with one attached hydrogen (secondary N) is 2. The number of carbonyl (C=O) groups is 2.